The fourth-order valence-electron chi connectivity index (χ4n) is 4.70. The summed E-state index contributed by atoms with van der Waals surface area (Å²) in [5.74, 6) is -0.245. The summed E-state index contributed by atoms with van der Waals surface area (Å²) >= 11 is 0. The van der Waals surface area contributed by atoms with Gasteiger partial charge in [0.25, 0.3) is 0 Å². The monoisotopic (exact) mass is 328 g/mol. The van der Waals surface area contributed by atoms with Crippen molar-refractivity contribution in [2.24, 2.45) is 11.5 Å². The molecule has 0 heterocycles. The lowest BCUT2D eigenvalue weighted by atomic mass is 9.74. The van der Waals surface area contributed by atoms with Crippen molar-refractivity contribution < 1.29 is 9.59 Å². The average Bonchev–Trinajstić information content (AvgIpc) is 2.61. The zero-order valence-electron chi connectivity index (χ0n) is 14.4. The Balaban J connectivity index is 2.13. The number of benzene rings is 1. The quantitative estimate of drug-likeness (QED) is 0.876. The molecule has 2 aliphatic rings. The maximum Gasteiger partial charge on any atom is 0.249 e. The first-order valence-electron chi connectivity index (χ1n) is 9.36. The standard InChI is InChI=1S/C20H28N2O2/c21-19(23)16-12-11-15(13-7-3-1-4-8-13)18(20(22)24)17(16)14-9-5-2-6-10-14/h11-14H,1-10H2,(H2,21,23)(H2,22,24). The Morgan fingerprint density at radius 3 is 1.79 bits per heavy atom. The van der Waals surface area contributed by atoms with Crippen LogP contribution in [0.4, 0.5) is 0 Å². The largest absolute Gasteiger partial charge is 0.366 e. The number of hydrogen-bond acceptors (Lipinski definition) is 2. The van der Waals surface area contributed by atoms with Crippen LogP contribution in [-0.2, 0) is 0 Å². The lowest BCUT2D eigenvalue weighted by Crippen LogP contribution is -2.25. The summed E-state index contributed by atoms with van der Waals surface area (Å²) in [4.78, 5) is 24.4. The number of carbonyl (C=O) groups is 2. The van der Waals surface area contributed by atoms with Gasteiger partial charge in [-0.25, -0.2) is 0 Å². The van der Waals surface area contributed by atoms with E-state index in [0.29, 0.717) is 17.0 Å². The molecule has 4 N–H and O–H groups in total. The summed E-state index contributed by atoms with van der Waals surface area (Å²) in [6.07, 6.45) is 11.3. The second-order valence-electron chi connectivity index (χ2n) is 7.39. The Hall–Kier alpha value is -1.84. The van der Waals surface area contributed by atoms with Crippen molar-refractivity contribution in [2.45, 2.75) is 76.0 Å². The Morgan fingerprint density at radius 1 is 0.750 bits per heavy atom. The minimum absolute atomic E-state index is 0.229. The molecule has 0 aliphatic heterocycles. The van der Waals surface area contributed by atoms with Crippen LogP contribution in [0.1, 0.15) is 108 Å². The fourth-order valence-corrected chi connectivity index (χ4v) is 4.70. The Labute approximate surface area is 144 Å². The van der Waals surface area contributed by atoms with Gasteiger partial charge in [-0.1, -0.05) is 44.6 Å². The second-order valence-corrected chi connectivity index (χ2v) is 7.39. The van der Waals surface area contributed by atoms with Gasteiger partial charge in [-0.2, -0.15) is 0 Å². The molecule has 24 heavy (non-hydrogen) atoms. The van der Waals surface area contributed by atoms with Gasteiger partial charge in [-0.3, -0.25) is 9.59 Å². The molecule has 4 heteroatoms. The molecule has 0 spiro atoms. The molecule has 0 radical (unpaired) electrons. The summed E-state index contributed by atoms with van der Waals surface area (Å²) in [7, 11) is 0. The van der Waals surface area contributed by atoms with Gasteiger partial charge >= 0.3 is 0 Å². The normalized spacial score (nSPS) is 20.0. The van der Waals surface area contributed by atoms with E-state index in [-0.39, 0.29) is 5.92 Å². The van der Waals surface area contributed by atoms with Crippen LogP contribution in [0.2, 0.25) is 0 Å². The Kier molecular flexibility index (Phi) is 5.22. The van der Waals surface area contributed by atoms with E-state index in [1.807, 2.05) is 12.1 Å². The molecule has 4 nitrogen and oxygen atoms in total. The van der Waals surface area contributed by atoms with E-state index >= 15 is 0 Å². The topological polar surface area (TPSA) is 86.2 Å². The van der Waals surface area contributed by atoms with Crippen LogP contribution in [0.25, 0.3) is 0 Å². The highest BCUT2D eigenvalue weighted by molar-refractivity contribution is 6.02. The van der Waals surface area contributed by atoms with Crippen molar-refractivity contribution in [3.63, 3.8) is 0 Å². The molecule has 3 rings (SSSR count). The van der Waals surface area contributed by atoms with Gasteiger partial charge in [0.15, 0.2) is 0 Å². The molecule has 1 aromatic carbocycles. The van der Waals surface area contributed by atoms with E-state index in [1.54, 1.807) is 0 Å². The fraction of sp³-hybridized carbons (Fsp3) is 0.600. The number of primary amides is 2. The van der Waals surface area contributed by atoms with Crippen molar-refractivity contribution in [3.8, 4) is 0 Å². The summed E-state index contributed by atoms with van der Waals surface area (Å²) < 4.78 is 0. The Morgan fingerprint density at radius 2 is 1.29 bits per heavy atom. The third kappa shape index (κ3) is 3.33. The van der Waals surface area contributed by atoms with E-state index in [4.69, 9.17) is 11.5 Å². The molecule has 0 bridgehead atoms. The van der Waals surface area contributed by atoms with Crippen LogP contribution in [0.5, 0.6) is 0 Å². The molecule has 0 atom stereocenters. The van der Waals surface area contributed by atoms with E-state index in [0.717, 1.165) is 49.7 Å². The number of amides is 2. The van der Waals surface area contributed by atoms with E-state index in [9.17, 15) is 9.59 Å². The lowest BCUT2D eigenvalue weighted by Gasteiger charge is -2.30. The van der Waals surface area contributed by atoms with Gasteiger partial charge in [0, 0.05) is 11.1 Å². The molecule has 2 saturated carbocycles. The highest BCUT2D eigenvalue weighted by Gasteiger charge is 2.30. The van der Waals surface area contributed by atoms with Gasteiger partial charge in [0.2, 0.25) is 11.8 Å². The molecule has 1 aromatic rings. The zero-order chi connectivity index (χ0) is 17.1. The molecular formula is C20H28N2O2. The summed E-state index contributed by atoms with van der Waals surface area (Å²) in [5, 5.41) is 0. The lowest BCUT2D eigenvalue weighted by molar-refractivity contribution is 0.0996. The molecule has 130 valence electrons. The maximum atomic E-state index is 12.4. The Bertz CT molecular complexity index is 627. The first-order chi connectivity index (χ1) is 11.6. The molecular weight excluding hydrogens is 300 g/mol. The van der Waals surface area contributed by atoms with Crippen molar-refractivity contribution in [1.82, 2.24) is 0 Å². The summed E-state index contributed by atoms with van der Waals surface area (Å²) in [5.41, 5.74) is 14.4. The maximum absolute atomic E-state index is 12.4. The van der Waals surface area contributed by atoms with Crippen LogP contribution in [-0.4, -0.2) is 11.8 Å². The number of hydrogen-bond donors (Lipinski definition) is 2. The van der Waals surface area contributed by atoms with Crippen molar-refractivity contribution in [1.29, 1.82) is 0 Å². The molecule has 0 unspecified atom stereocenters. The van der Waals surface area contributed by atoms with E-state index in [1.165, 1.54) is 25.7 Å². The molecule has 2 amide bonds. The first-order valence-corrected chi connectivity index (χ1v) is 9.36. The van der Waals surface area contributed by atoms with Crippen molar-refractivity contribution in [2.75, 3.05) is 0 Å². The summed E-state index contributed by atoms with van der Waals surface area (Å²) in [6.45, 7) is 0. The SMILES string of the molecule is NC(=O)c1ccc(C2CCCCC2)c(C(N)=O)c1C1CCCCC1. The van der Waals surface area contributed by atoms with Gasteiger partial charge < -0.3 is 11.5 Å². The van der Waals surface area contributed by atoms with Crippen LogP contribution in [0.15, 0.2) is 12.1 Å². The third-order valence-corrected chi connectivity index (χ3v) is 5.85. The van der Waals surface area contributed by atoms with Crippen molar-refractivity contribution in [3.05, 3.63) is 34.4 Å². The molecule has 0 saturated heterocycles. The summed E-state index contributed by atoms with van der Waals surface area (Å²) in [6, 6.07) is 3.77. The van der Waals surface area contributed by atoms with Gasteiger partial charge in [0.05, 0.1) is 0 Å². The minimum atomic E-state index is -0.451. The molecule has 0 aromatic heterocycles. The highest BCUT2D eigenvalue weighted by atomic mass is 16.1. The highest BCUT2D eigenvalue weighted by Crippen LogP contribution is 2.41. The van der Waals surface area contributed by atoms with Crippen LogP contribution < -0.4 is 11.5 Å². The first kappa shape index (κ1) is 17.0. The molecule has 2 fully saturated rings. The van der Waals surface area contributed by atoms with Gasteiger partial charge in [-0.15, -0.1) is 0 Å². The minimum Gasteiger partial charge on any atom is -0.366 e. The van der Waals surface area contributed by atoms with Gasteiger partial charge in [-0.05, 0) is 54.7 Å². The van der Waals surface area contributed by atoms with Crippen molar-refractivity contribution >= 4 is 11.8 Å². The smallest absolute Gasteiger partial charge is 0.249 e. The second kappa shape index (κ2) is 7.37. The van der Waals surface area contributed by atoms with Gasteiger partial charge in [0.1, 0.15) is 0 Å². The number of carbonyl (C=O) groups excluding carboxylic acids is 2. The van der Waals surface area contributed by atoms with Crippen LogP contribution in [0.3, 0.4) is 0 Å². The van der Waals surface area contributed by atoms with Crippen LogP contribution >= 0.6 is 0 Å². The third-order valence-electron chi connectivity index (χ3n) is 5.85. The van der Waals surface area contributed by atoms with E-state index < -0.39 is 11.8 Å². The number of rotatable bonds is 4. The average molecular weight is 328 g/mol. The predicted octanol–water partition coefficient (Wildman–Crippen LogP) is 3.98. The predicted molar refractivity (Wildman–Crippen MR) is 95.1 cm³/mol. The molecule has 2 aliphatic carbocycles. The van der Waals surface area contributed by atoms with E-state index in [2.05, 4.69) is 0 Å². The number of nitrogens with two attached hydrogens (primary N) is 2. The zero-order valence-corrected chi connectivity index (χ0v) is 14.4. The van der Waals surface area contributed by atoms with Crippen LogP contribution in [0, 0.1) is 0 Å².